The lowest BCUT2D eigenvalue weighted by atomic mass is 10.4. The van der Waals surface area contributed by atoms with Gasteiger partial charge in [-0.25, -0.2) is 9.97 Å². The number of rotatable bonds is 6. The molecule has 0 aromatic carbocycles. The van der Waals surface area contributed by atoms with Gasteiger partial charge in [0.2, 0.25) is 5.75 Å². The van der Waals surface area contributed by atoms with Crippen molar-refractivity contribution in [1.82, 2.24) is 19.7 Å². The van der Waals surface area contributed by atoms with Crippen LogP contribution in [0.25, 0.3) is 0 Å². The Labute approximate surface area is 112 Å². The summed E-state index contributed by atoms with van der Waals surface area (Å²) < 4.78 is 7.17. The van der Waals surface area contributed by atoms with E-state index in [0.717, 1.165) is 12.2 Å². The number of nitrogens with zero attached hydrogens (tertiary/aromatic N) is 4. The number of methoxy groups -OCH3 is 1. The van der Waals surface area contributed by atoms with E-state index < -0.39 is 0 Å². The van der Waals surface area contributed by atoms with Crippen molar-refractivity contribution in [3.8, 4) is 5.75 Å². The fourth-order valence-corrected chi connectivity index (χ4v) is 1.74. The topological polar surface area (TPSA) is 76.9 Å². The molecule has 0 saturated heterocycles. The molecule has 0 bridgehead atoms. The van der Waals surface area contributed by atoms with E-state index in [9.17, 15) is 0 Å². The molecule has 19 heavy (non-hydrogen) atoms. The molecule has 0 aliphatic carbocycles. The van der Waals surface area contributed by atoms with Gasteiger partial charge in [-0.1, -0.05) is 0 Å². The molecule has 7 heteroatoms. The molecule has 0 amide bonds. The van der Waals surface area contributed by atoms with Crippen LogP contribution in [0.1, 0.15) is 12.6 Å². The highest BCUT2D eigenvalue weighted by atomic mass is 16.5. The summed E-state index contributed by atoms with van der Waals surface area (Å²) in [5, 5.41) is 10.5. The SMILES string of the molecule is CCNc1ncnc(NCc2ccnn2C)c1OC. The van der Waals surface area contributed by atoms with Crippen LogP contribution in [-0.2, 0) is 13.6 Å². The van der Waals surface area contributed by atoms with Crippen LogP contribution in [0, 0.1) is 0 Å². The predicted molar refractivity (Wildman–Crippen MR) is 73.3 cm³/mol. The monoisotopic (exact) mass is 262 g/mol. The lowest BCUT2D eigenvalue weighted by molar-refractivity contribution is 0.414. The second kappa shape index (κ2) is 6.03. The van der Waals surface area contributed by atoms with Crippen LogP contribution in [0.3, 0.4) is 0 Å². The van der Waals surface area contributed by atoms with Crippen LogP contribution in [0.5, 0.6) is 5.75 Å². The van der Waals surface area contributed by atoms with Crippen LogP contribution < -0.4 is 15.4 Å². The second-order valence-corrected chi connectivity index (χ2v) is 3.93. The van der Waals surface area contributed by atoms with E-state index in [1.165, 1.54) is 6.33 Å². The summed E-state index contributed by atoms with van der Waals surface area (Å²) in [4.78, 5) is 8.36. The molecule has 102 valence electrons. The van der Waals surface area contributed by atoms with Gasteiger partial charge >= 0.3 is 0 Å². The summed E-state index contributed by atoms with van der Waals surface area (Å²) in [5.41, 5.74) is 1.06. The number of aryl methyl sites for hydroxylation is 1. The Hall–Kier alpha value is -2.31. The third-order valence-electron chi connectivity index (χ3n) is 2.71. The minimum absolute atomic E-state index is 0.617. The lowest BCUT2D eigenvalue weighted by Crippen LogP contribution is -2.10. The number of aromatic nitrogens is 4. The molecule has 0 atom stereocenters. The van der Waals surface area contributed by atoms with E-state index in [2.05, 4.69) is 25.7 Å². The summed E-state index contributed by atoms with van der Waals surface area (Å²) in [6.45, 7) is 3.40. The minimum atomic E-state index is 0.617. The van der Waals surface area contributed by atoms with E-state index >= 15 is 0 Å². The quantitative estimate of drug-likeness (QED) is 0.816. The van der Waals surface area contributed by atoms with Crippen molar-refractivity contribution in [2.75, 3.05) is 24.3 Å². The highest BCUT2D eigenvalue weighted by Gasteiger charge is 2.11. The molecule has 2 rings (SSSR count). The first kappa shape index (κ1) is 13.1. The van der Waals surface area contributed by atoms with Crippen LogP contribution in [0.15, 0.2) is 18.6 Å². The van der Waals surface area contributed by atoms with Crippen molar-refractivity contribution in [2.24, 2.45) is 7.05 Å². The molecule has 2 heterocycles. The fourth-order valence-electron chi connectivity index (χ4n) is 1.74. The van der Waals surface area contributed by atoms with Gasteiger partial charge in [0.25, 0.3) is 0 Å². The summed E-state index contributed by atoms with van der Waals surface area (Å²) in [6.07, 6.45) is 3.27. The van der Waals surface area contributed by atoms with Gasteiger partial charge in [-0.2, -0.15) is 5.10 Å². The van der Waals surface area contributed by atoms with Crippen LogP contribution in [-0.4, -0.2) is 33.4 Å². The van der Waals surface area contributed by atoms with Crippen LogP contribution >= 0.6 is 0 Å². The maximum absolute atomic E-state index is 5.36. The highest BCUT2D eigenvalue weighted by molar-refractivity contribution is 5.63. The Bertz CT molecular complexity index is 539. The Morgan fingerprint density at radius 2 is 2.00 bits per heavy atom. The smallest absolute Gasteiger partial charge is 0.204 e. The Balaban J connectivity index is 2.15. The van der Waals surface area contributed by atoms with Gasteiger partial charge in [0, 0.05) is 19.8 Å². The van der Waals surface area contributed by atoms with E-state index in [0.29, 0.717) is 23.9 Å². The average molecular weight is 262 g/mol. The summed E-state index contributed by atoms with van der Waals surface area (Å²) in [6, 6.07) is 1.95. The largest absolute Gasteiger partial charge is 0.490 e. The first-order valence-electron chi connectivity index (χ1n) is 6.09. The number of ether oxygens (including phenoxy) is 1. The van der Waals surface area contributed by atoms with Gasteiger partial charge in [0.1, 0.15) is 6.33 Å². The molecule has 0 spiro atoms. The molecular formula is C12H18N6O. The van der Waals surface area contributed by atoms with Gasteiger partial charge in [-0.3, -0.25) is 4.68 Å². The Morgan fingerprint density at radius 1 is 1.26 bits per heavy atom. The first-order chi connectivity index (χ1) is 9.26. The summed E-state index contributed by atoms with van der Waals surface area (Å²) >= 11 is 0. The molecule has 0 fully saturated rings. The van der Waals surface area contributed by atoms with Gasteiger partial charge < -0.3 is 15.4 Å². The molecule has 0 radical (unpaired) electrons. The van der Waals surface area contributed by atoms with Crippen molar-refractivity contribution in [2.45, 2.75) is 13.5 Å². The van der Waals surface area contributed by atoms with Crippen molar-refractivity contribution < 1.29 is 4.74 Å². The van der Waals surface area contributed by atoms with Crippen molar-refractivity contribution in [3.63, 3.8) is 0 Å². The number of nitrogens with one attached hydrogen (secondary N) is 2. The number of anilines is 2. The van der Waals surface area contributed by atoms with Crippen molar-refractivity contribution >= 4 is 11.6 Å². The Kier molecular flexibility index (Phi) is 4.17. The van der Waals surface area contributed by atoms with Gasteiger partial charge in [0.05, 0.1) is 19.3 Å². The molecule has 0 aliphatic heterocycles. The zero-order valence-electron chi connectivity index (χ0n) is 11.3. The molecule has 2 aromatic heterocycles. The summed E-state index contributed by atoms with van der Waals surface area (Å²) in [7, 11) is 3.51. The molecule has 2 N–H and O–H groups in total. The highest BCUT2D eigenvalue weighted by Crippen LogP contribution is 2.28. The van der Waals surface area contributed by atoms with Crippen LogP contribution in [0.2, 0.25) is 0 Å². The molecule has 0 saturated carbocycles. The number of hydrogen-bond donors (Lipinski definition) is 2. The second-order valence-electron chi connectivity index (χ2n) is 3.93. The molecule has 0 aliphatic rings. The lowest BCUT2D eigenvalue weighted by Gasteiger charge is -2.13. The normalized spacial score (nSPS) is 10.3. The van der Waals surface area contributed by atoms with E-state index in [1.807, 2.05) is 24.7 Å². The molecule has 2 aromatic rings. The van der Waals surface area contributed by atoms with E-state index in [1.54, 1.807) is 13.3 Å². The maximum Gasteiger partial charge on any atom is 0.204 e. The standard InChI is InChI=1S/C12H18N6O/c1-4-13-11-10(19-3)12(16-8-15-11)14-7-9-5-6-17-18(9)2/h5-6,8H,4,7H2,1-3H3,(H2,13,14,15,16). The van der Waals surface area contributed by atoms with Gasteiger partial charge in [-0.05, 0) is 13.0 Å². The fraction of sp³-hybridized carbons (Fsp3) is 0.417. The average Bonchev–Trinajstić information content (AvgIpc) is 2.82. The predicted octanol–water partition coefficient (Wildman–Crippen LogP) is 1.26. The van der Waals surface area contributed by atoms with E-state index in [-0.39, 0.29) is 0 Å². The minimum Gasteiger partial charge on any atom is -0.490 e. The molecular weight excluding hydrogens is 244 g/mol. The molecule has 7 nitrogen and oxygen atoms in total. The Morgan fingerprint density at radius 3 is 2.58 bits per heavy atom. The summed E-state index contributed by atoms with van der Waals surface area (Å²) in [5.74, 6) is 1.97. The van der Waals surface area contributed by atoms with Crippen molar-refractivity contribution in [3.05, 3.63) is 24.3 Å². The maximum atomic E-state index is 5.36. The molecule has 0 unspecified atom stereocenters. The van der Waals surface area contributed by atoms with Gasteiger partial charge in [0.15, 0.2) is 11.6 Å². The van der Waals surface area contributed by atoms with Gasteiger partial charge in [-0.15, -0.1) is 0 Å². The van der Waals surface area contributed by atoms with Crippen LogP contribution in [0.4, 0.5) is 11.6 Å². The van der Waals surface area contributed by atoms with Crippen molar-refractivity contribution in [1.29, 1.82) is 0 Å². The first-order valence-corrected chi connectivity index (χ1v) is 6.09. The zero-order valence-corrected chi connectivity index (χ0v) is 11.3. The number of hydrogen-bond acceptors (Lipinski definition) is 6. The third kappa shape index (κ3) is 2.93. The van der Waals surface area contributed by atoms with E-state index in [4.69, 9.17) is 4.74 Å². The third-order valence-corrected chi connectivity index (χ3v) is 2.71. The zero-order chi connectivity index (χ0) is 13.7.